The van der Waals surface area contributed by atoms with Gasteiger partial charge in [-0.1, -0.05) is 0 Å². The number of fused-ring (bicyclic) bond motifs is 1. The summed E-state index contributed by atoms with van der Waals surface area (Å²) < 4.78 is 28.5. The maximum absolute atomic E-state index is 13.9. The summed E-state index contributed by atoms with van der Waals surface area (Å²) in [6.07, 6.45) is 3.23. The number of carbonyl (C=O) groups excluding carboxylic acids is 1. The van der Waals surface area contributed by atoms with Crippen LogP contribution < -0.4 is 10.9 Å². The minimum Gasteiger partial charge on any atom is -0.310 e. The van der Waals surface area contributed by atoms with E-state index in [0.717, 1.165) is 6.20 Å². The van der Waals surface area contributed by atoms with Crippen molar-refractivity contribution in [3.05, 3.63) is 52.5 Å². The van der Waals surface area contributed by atoms with Crippen LogP contribution in [0.15, 0.2) is 35.5 Å². The Morgan fingerprint density at radius 1 is 1.29 bits per heavy atom. The van der Waals surface area contributed by atoms with Crippen LogP contribution in [0, 0.1) is 18.7 Å². The van der Waals surface area contributed by atoms with Crippen molar-refractivity contribution < 1.29 is 13.6 Å². The summed E-state index contributed by atoms with van der Waals surface area (Å²) in [4.78, 5) is 33.0. The van der Waals surface area contributed by atoms with E-state index in [4.69, 9.17) is 0 Å². The third kappa shape index (κ3) is 3.04. The molecule has 144 valence electrons. The zero-order valence-electron chi connectivity index (χ0n) is 15.4. The highest BCUT2D eigenvalue weighted by atomic mass is 19.1. The van der Waals surface area contributed by atoms with Crippen molar-refractivity contribution in [3.63, 3.8) is 0 Å². The fraction of sp³-hybridized carbons (Fsp3) is 0.300. The summed E-state index contributed by atoms with van der Waals surface area (Å²) >= 11 is 0. The average Bonchev–Trinajstić information content (AvgIpc) is 3.41. The zero-order valence-corrected chi connectivity index (χ0v) is 15.4. The highest BCUT2D eigenvalue weighted by Crippen LogP contribution is 2.34. The maximum Gasteiger partial charge on any atom is 0.258 e. The van der Waals surface area contributed by atoms with Gasteiger partial charge in [0.05, 0.1) is 17.6 Å². The van der Waals surface area contributed by atoms with Gasteiger partial charge < -0.3 is 9.88 Å². The molecule has 6 nitrogen and oxygen atoms in total. The first kappa shape index (κ1) is 18.2. The summed E-state index contributed by atoms with van der Waals surface area (Å²) in [6, 6.07) is 3.23. The van der Waals surface area contributed by atoms with Gasteiger partial charge in [0.25, 0.3) is 5.56 Å². The lowest BCUT2D eigenvalue weighted by atomic mass is 10.0. The normalized spacial score (nSPS) is 18.3. The largest absolute Gasteiger partial charge is 0.310 e. The smallest absolute Gasteiger partial charge is 0.258 e. The topological polar surface area (TPSA) is 76.9 Å². The summed E-state index contributed by atoms with van der Waals surface area (Å²) in [5.41, 5.74) is 1.39. The Labute approximate surface area is 159 Å². The molecule has 0 unspecified atom stereocenters. The van der Waals surface area contributed by atoms with Gasteiger partial charge in [0, 0.05) is 41.5 Å². The van der Waals surface area contributed by atoms with Crippen LogP contribution >= 0.6 is 0 Å². The predicted molar refractivity (Wildman–Crippen MR) is 101 cm³/mol. The Hall–Kier alpha value is -3.16. The second-order valence-corrected chi connectivity index (χ2v) is 6.88. The first-order valence-electron chi connectivity index (χ1n) is 8.99. The number of aryl methyl sites for hydroxylation is 1. The molecule has 1 amide bonds. The summed E-state index contributed by atoms with van der Waals surface area (Å²) in [6.45, 7) is 3.79. The molecule has 0 aliphatic heterocycles. The van der Waals surface area contributed by atoms with Crippen molar-refractivity contribution in [1.29, 1.82) is 0 Å². The first-order chi connectivity index (χ1) is 13.4. The Bertz CT molecular complexity index is 1160. The lowest BCUT2D eigenvalue weighted by molar-refractivity contribution is -0.117. The van der Waals surface area contributed by atoms with Crippen LogP contribution in [0.3, 0.4) is 0 Å². The van der Waals surface area contributed by atoms with Crippen molar-refractivity contribution in [1.82, 2.24) is 14.5 Å². The predicted octanol–water partition coefficient (Wildman–Crippen LogP) is 3.22. The molecule has 0 saturated heterocycles. The van der Waals surface area contributed by atoms with Crippen molar-refractivity contribution >= 4 is 22.6 Å². The number of halogens is 2. The van der Waals surface area contributed by atoms with Gasteiger partial charge >= 0.3 is 0 Å². The van der Waals surface area contributed by atoms with E-state index in [1.54, 1.807) is 19.1 Å². The van der Waals surface area contributed by atoms with Crippen molar-refractivity contribution in [3.8, 4) is 11.1 Å². The molecule has 1 saturated carbocycles. The van der Waals surface area contributed by atoms with E-state index in [1.165, 1.54) is 17.0 Å². The number of carbonyl (C=O) groups is 1. The number of anilines is 1. The molecule has 1 N–H and O–H groups in total. The molecule has 0 aromatic carbocycles. The highest BCUT2D eigenvalue weighted by Gasteiger charge is 2.43. The summed E-state index contributed by atoms with van der Waals surface area (Å²) in [7, 11) is 0. The van der Waals surface area contributed by atoms with Crippen LogP contribution in [0.5, 0.6) is 0 Å². The van der Waals surface area contributed by atoms with Crippen LogP contribution in [0.25, 0.3) is 22.0 Å². The van der Waals surface area contributed by atoms with E-state index in [-0.39, 0.29) is 17.8 Å². The Kier molecular flexibility index (Phi) is 4.41. The summed E-state index contributed by atoms with van der Waals surface area (Å²) in [5.74, 6) is -1.27. The fourth-order valence-corrected chi connectivity index (χ4v) is 3.27. The van der Waals surface area contributed by atoms with Gasteiger partial charge in [-0.3, -0.25) is 14.6 Å². The number of nitrogens with one attached hydrogen (secondary N) is 1. The number of hydrogen-bond acceptors (Lipinski definition) is 4. The van der Waals surface area contributed by atoms with Gasteiger partial charge in [-0.05, 0) is 31.9 Å². The van der Waals surface area contributed by atoms with Crippen LogP contribution in [0.2, 0.25) is 0 Å². The molecule has 8 heteroatoms. The van der Waals surface area contributed by atoms with Gasteiger partial charge in [0.2, 0.25) is 5.91 Å². The molecular weight excluding hydrogens is 366 g/mol. The monoisotopic (exact) mass is 384 g/mol. The van der Waals surface area contributed by atoms with Gasteiger partial charge in [-0.25, -0.2) is 13.8 Å². The van der Waals surface area contributed by atoms with Gasteiger partial charge in [0.1, 0.15) is 17.8 Å². The fourth-order valence-electron chi connectivity index (χ4n) is 3.27. The first-order valence-corrected chi connectivity index (χ1v) is 8.99. The van der Waals surface area contributed by atoms with Crippen molar-refractivity contribution in [2.24, 2.45) is 5.92 Å². The Morgan fingerprint density at radius 3 is 2.71 bits per heavy atom. The van der Waals surface area contributed by atoms with Crippen molar-refractivity contribution in [2.75, 3.05) is 5.32 Å². The van der Waals surface area contributed by atoms with E-state index >= 15 is 0 Å². The van der Waals surface area contributed by atoms with Crippen LogP contribution in [-0.2, 0) is 11.3 Å². The molecule has 3 heterocycles. The van der Waals surface area contributed by atoms with E-state index < -0.39 is 23.8 Å². The van der Waals surface area contributed by atoms with Gasteiger partial charge in [0.15, 0.2) is 0 Å². The standard InChI is InChI=1S/C20H18F2N4O2/c1-3-26-17-6-18(25-19(27)13-5-15(13)21)24-7-11(17)4-12(20(26)28)14-8-23-9-16(22)10(14)2/h4,6-9,13,15H,3,5H2,1-2H3,(H,24,25,27)/t13-,15+/m0/s1. The lowest BCUT2D eigenvalue weighted by Gasteiger charge is -2.13. The molecule has 2 atom stereocenters. The number of pyridine rings is 3. The number of rotatable bonds is 4. The zero-order chi connectivity index (χ0) is 20.0. The van der Waals surface area contributed by atoms with Gasteiger partial charge in [-0.15, -0.1) is 0 Å². The SMILES string of the molecule is CCn1c(=O)c(-c2cncc(F)c2C)cc2cnc(NC(=O)[C@H]3C[C@H]3F)cc21. The summed E-state index contributed by atoms with van der Waals surface area (Å²) in [5, 5.41) is 3.26. The molecular formula is C20H18F2N4O2. The Balaban J connectivity index is 1.82. The third-order valence-corrected chi connectivity index (χ3v) is 5.04. The van der Waals surface area contributed by atoms with Crippen LogP contribution in [-0.4, -0.2) is 26.6 Å². The van der Waals surface area contributed by atoms with Crippen LogP contribution in [0.4, 0.5) is 14.6 Å². The molecule has 0 bridgehead atoms. The van der Waals surface area contributed by atoms with E-state index in [2.05, 4.69) is 15.3 Å². The second kappa shape index (κ2) is 6.78. The van der Waals surface area contributed by atoms with Crippen LogP contribution in [0.1, 0.15) is 18.9 Å². The number of hydrogen-bond donors (Lipinski definition) is 1. The third-order valence-electron chi connectivity index (χ3n) is 5.04. The number of aromatic nitrogens is 3. The molecule has 4 rings (SSSR count). The second-order valence-electron chi connectivity index (χ2n) is 6.88. The highest BCUT2D eigenvalue weighted by molar-refractivity contribution is 5.95. The minimum atomic E-state index is -1.10. The maximum atomic E-state index is 13.9. The van der Waals surface area contributed by atoms with E-state index in [9.17, 15) is 18.4 Å². The molecule has 1 fully saturated rings. The van der Waals surface area contributed by atoms with E-state index in [0.29, 0.717) is 34.1 Å². The Morgan fingerprint density at radius 2 is 2.04 bits per heavy atom. The molecule has 1 aliphatic rings. The van der Waals surface area contributed by atoms with E-state index in [1.807, 2.05) is 6.92 Å². The lowest BCUT2D eigenvalue weighted by Crippen LogP contribution is -2.22. The average molecular weight is 384 g/mol. The quantitative estimate of drug-likeness (QED) is 0.749. The van der Waals surface area contributed by atoms with Crippen molar-refractivity contribution in [2.45, 2.75) is 33.0 Å². The van der Waals surface area contributed by atoms with Gasteiger partial charge in [-0.2, -0.15) is 0 Å². The molecule has 28 heavy (non-hydrogen) atoms. The molecule has 0 spiro atoms. The number of amides is 1. The molecule has 3 aromatic rings. The number of alkyl halides is 1. The minimum absolute atomic E-state index is 0.226. The molecule has 1 aliphatic carbocycles. The number of nitrogens with zero attached hydrogens (tertiary/aromatic N) is 3. The molecule has 3 aromatic heterocycles. The molecule has 0 radical (unpaired) electrons.